The smallest absolute Gasteiger partial charge is 0.137 e. The van der Waals surface area contributed by atoms with E-state index in [9.17, 15) is 0 Å². The standard InChI is InChI=1S/C10H8N4.C3H8.C2H6/c1-3-11-10-9(2-4-12-10)8(1)7-5-13-14-6-7;1-3-2;1-2/h1-6H,(H,11,12)(H,13,14);3H2,1-2H3;1-2H3. The van der Waals surface area contributed by atoms with Crippen LogP contribution < -0.4 is 0 Å². The van der Waals surface area contributed by atoms with Gasteiger partial charge in [0.05, 0.1) is 6.20 Å². The lowest BCUT2D eigenvalue weighted by Gasteiger charge is -1.97. The number of rotatable bonds is 1. The molecule has 3 rings (SSSR count). The normalized spacial score (nSPS) is 9.26. The second-order valence-corrected chi connectivity index (χ2v) is 3.79. The van der Waals surface area contributed by atoms with Crippen LogP contribution in [0.3, 0.4) is 0 Å². The lowest BCUT2D eigenvalue weighted by Crippen LogP contribution is -1.79. The van der Waals surface area contributed by atoms with Crippen LogP contribution in [0.1, 0.15) is 34.1 Å². The zero-order chi connectivity index (χ0) is 14.1. The highest BCUT2D eigenvalue weighted by Crippen LogP contribution is 2.25. The van der Waals surface area contributed by atoms with Gasteiger partial charge in [0.1, 0.15) is 5.65 Å². The van der Waals surface area contributed by atoms with E-state index in [-0.39, 0.29) is 0 Å². The average molecular weight is 258 g/mol. The maximum absolute atomic E-state index is 4.23. The molecule has 19 heavy (non-hydrogen) atoms. The first kappa shape index (κ1) is 15.0. The lowest BCUT2D eigenvalue weighted by molar-refractivity contribution is 1.09. The summed E-state index contributed by atoms with van der Waals surface area (Å²) >= 11 is 0. The molecule has 102 valence electrons. The molecule has 0 saturated heterocycles. The Morgan fingerprint density at radius 3 is 2.53 bits per heavy atom. The van der Waals surface area contributed by atoms with Crippen LogP contribution >= 0.6 is 0 Å². The molecule has 0 bridgehead atoms. The molecule has 3 aromatic heterocycles. The first-order valence-corrected chi connectivity index (χ1v) is 6.78. The van der Waals surface area contributed by atoms with E-state index in [0.29, 0.717) is 0 Å². The van der Waals surface area contributed by atoms with Crippen LogP contribution in [0.2, 0.25) is 0 Å². The van der Waals surface area contributed by atoms with Crippen molar-refractivity contribution in [3.05, 3.63) is 36.9 Å². The Bertz CT molecular complexity index is 567. The van der Waals surface area contributed by atoms with E-state index in [1.54, 1.807) is 6.20 Å². The highest BCUT2D eigenvalue weighted by atomic mass is 15.1. The molecule has 0 aromatic carbocycles. The van der Waals surface area contributed by atoms with Gasteiger partial charge in [-0.1, -0.05) is 34.1 Å². The molecule has 0 atom stereocenters. The molecule has 0 spiro atoms. The van der Waals surface area contributed by atoms with Gasteiger partial charge in [-0.05, 0) is 17.7 Å². The van der Waals surface area contributed by atoms with Crippen molar-refractivity contribution < 1.29 is 0 Å². The first-order valence-electron chi connectivity index (χ1n) is 6.78. The number of hydrogen-bond donors (Lipinski definition) is 2. The van der Waals surface area contributed by atoms with Crippen LogP contribution in [0.4, 0.5) is 0 Å². The van der Waals surface area contributed by atoms with Gasteiger partial charge in [0, 0.05) is 29.5 Å². The third-order valence-corrected chi connectivity index (χ3v) is 2.27. The van der Waals surface area contributed by atoms with Crippen molar-refractivity contribution >= 4 is 11.0 Å². The van der Waals surface area contributed by atoms with E-state index in [4.69, 9.17) is 0 Å². The number of aromatic amines is 2. The number of fused-ring (bicyclic) bond motifs is 1. The van der Waals surface area contributed by atoms with Gasteiger partial charge in [0.25, 0.3) is 0 Å². The van der Waals surface area contributed by atoms with Crippen molar-refractivity contribution in [2.24, 2.45) is 0 Å². The summed E-state index contributed by atoms with van der Waals surface area (Å²) in [4.78, 5) is 7.31. The zero-order valence-corrected chi connectivity index (χ0v) is 12.1. The van der Waals surface area contributed by atoms with Gasteiger partial charge in [-0.25, -0.2) is 4.98 Å². The Morgan fingerprint density at radius 2 is 1.89 bits per heavy atom. The summed E-state index contributed by atoms with van der Waals surface area (Å²) in [6, 6.07) is 4.01. The van der Waals surface area contributed by atoms with E-state index in [2.05, 4.69) is 34.0 Å². The zero-order valence-electron chi connectivity index (χ0n) is 12.1. The Balaban J connectivity index is 0.000000321. The van der Waals surface area contributed by atoms with Gasteiger partial charge < -0.3 is 4.98 Å². The summed E-state index contributed by atoms with van der Waals surface area (Å²) in [6.45, 7) is 8.25. The van der Waals surface area contributed by atoms with Crippen LogP contribution in [-0.2, 0) is 0 Å². The van der Waals surface area contributed by atoms with Crippen molar-refractivity contribution in [2.45, 2.75) is 34.1 Å². The molecule has 4 nitrogen and oxygen atoms in total. The summed E-state index contributed by atoms with van der Waals surface area (Å²) in [5.74, 6) is 0. The summed E-state index contributed by atoms with van der Waals surface area (Å²) < 4.78 is 0. The minimum atomic E-state index is 0.906. The molecule has 0 saturated carbocycles. The summed E-state index contributed by atoms with van der Waals surface area (Å²) in [5.41, 5.74) is 3.13. The van der Waals surface area contributed by atoms with Crippen molar-refractivity contribution in [1.82, 2.24) is 20.2 Å². The molecule has 0 aliphatic rings. The van der Waals surface area contributed by atoms with E-state index < -0.39 is 0 Å². The van der Waals surface area contributed by atoms with Gasteiger partial charge in [0.15, 0.2) is 0 Å². The minimum absolute atomic E-state index is 0.906. The van der Waals surface area contributed by atoms with Crippen LogP contribution in [0.15, 0.2) is 36.9 Å². The fourth-order valence-electron chi connectivity index (χ4n) is 1.61. The minimum Gasteiger partial charge on any atom is -0.346 e. The van der Waals surface area contributed by atoms with Gasteiger partial charge in [-0.2, -0.15) is 5.10 Å². The number of nitrogens with one attached hydrogen (secondary N) is 2. The van der Waals surface area contributed by atoms with Crippen LogP contribution in [-0.4, -0.2) is 20.2 Å². The molecule has 0 fully saturated rings. The molecule has 0 aliphatic heterocycles. The molecule has 0 aliphatic carbocycles. The third-order valence-electron chi connectivity index (χ3n) is 2.27. The molecule has 2 N–H and O–H groups in total. The summed E-state index contributed by atoms with van der Waals surface area (Å²) in [6.07, 6.45) is 8.62. The van der Waals surface area contributed by atoms with E-state index in [1.807, 2.05) is 44.6 Å². The summed E-state index contributed by atoms with van der Waals surface area (Å²) in [5, 5.41) is 7.86. The number of H-pyrrole nitrogens is 2. The monoisotopic (exact) mass is 258 g/mol. The van der Waals surface area contributed by atoms with Crippen LogP contribution in [0.25, 0.3) is 22.2 Å². The van der Waals surface area contributed by atoms with Gasteiger partial charge >= 0.3 is 0 Å². The van der Waals surface area contributed by atoms with Crippen molar-refractivity contribution in [3.63, 3.8) is 0 Å². The maximum atomic E-state index is 4.23. The Kier molecular flexibility index (Phi) is 6.36. The van der Waals surface area contributed by atoms with Crippen molar-refractivity contribution in [2.75, 3.05) is 0 Å². The van der Waals surface area contributed by atoms with E-state index in [1.165, 1.54) is 6.42 Å². The number of pyridine rings is 1. The Hall–Kier alpha value is -2.10. The largest absolute Gasteiger partial charge is 0.346 e. The molecule has 4 heteroatoms. The van der Waals surface area contributed by atoms with Gasteiger partial charge in [0.2, 0.25) is 0 Å². The number of hydrogen-bond acceptors (Lipinski definition) is 2. The van der Waals surface area contributed by atoms with Crippen LogP contribution in [0.5, 0.6) is 0 Å². The van der Waals surface area contributed by atoms with Crippen LogP contribution in [0, 0.1) is 0 Å². The van der Waals surface area contributed by atoms with E-state index in [0.717, 1.165) is 22.2 Å². The first-order chi connectivity index (χ1) is 9.36. The third kappa shape index (κ3) is 3.68. The predicted molar refractivity (Wildman–Crippen MR) is 81.0 cm³/mol. The number of nitrogens with zero attached hydrogens (tertiary/aromatic N) is 2. The molecule has 0 unspecified atom stereocenters. The predicted octanol–water partition coefficient (Wildman–Crippen LogP) is 4.40. The molecular formula is C15H22N4. The van der Waals surface area contributed by atoms with Gasteiger partial charge in [-0.3, -0.25) is 5.10 Å². The van der Waals surface area contributed by atoms with Crippen molar-refractivity contribution in [3.8, 4) is 11.1 Å². The second-order valence-electron chi connectivity index (χ2n) is 3.79. The fraction of sp³-hybridized carbons (Fsp3) is 0.333. The Morgan fingerprint density at radius 1 is 1.16 bits per heavy atom. The SMILES string of the molecule is CC.CCC.c1cc(-c2cn[nH]c2)c2cc[nH]c2n1. The molecule has 3 heterocycles. The molecule has 0 amide bonds. The average Bonchev–Trinajstić information content (AvgIpc) is 3.13. The molecular weight excluding hydrogens is 236 g/mol. The quantitative estimate of drug-likeness (QED) is 0.680. The highest BCUT2D eigenvalue weighted by molar-refractivity contribution is 5.92. The topological polar surface area (TPSA) is 57.4 Å². The Labute approximate surface area is 114 Å². The molecule has 0 radical (unpaired) electrons. The highest BCUT2D eigenvalue weighted by Gasteiger charge is 2.04. The lowest BCUT2D eigenvalue weighted by atomic mass is 10.1. The fourth-order valence-corrected chi connectivity index (χ4v) is 1.61. The van der Waals surface area contributed by atoms with E-state index >= 15 is 0 Å². The summed E-state index contributed by atoms with van der Waals surface area (Å²) in [7, 11) is 0. The maximum Gasteiger partial charge on any atom is 0.137 e. The van der Waals surface area contributed by atoms with Crippen molar-refractivity contribution in [1.29, 1.82) is 0 Å². The molecule has 3 aromatic rings. The van der Waals surface area contributed by atoms with Gasteiger partial charge in [-0.15, -0.1) is 0 Å². The number of aromatic nitrogens is 4. The second kappa shape index (κ2) is 8.08.